The number of carboxylic acids is 1. The van der Waals surface area contributed by atoms with Crippen LogP contribution in [-0.2, 0) is 17.9 Å². The average Bonchev–Trinajstić information content (AvgIpc) is 3.45. The quantitative estimate of drug-likeness (QED) is 0.433. The molecule has 5 nitrogen and oxygen atoms in total. The SMILES string of the molecule is O=C(O)[C@@H]1CCC(NCc2ccc3cn(Cc4ccc(-c5ccccc5)cc4)nc3c2)C1. The highest BCUT2D eigenvalue weighted by Gasteiger charge is 2.29. The lowest BCUT2D eigenvalue weighted by atomic mass is 10.0. The van der Waals surface area contributed by atoms with E-state index in [0.29, 0.717) is 0 Å². The third kappa shape index (κ3) is 4.58. The maximum atomic E-state index is 11.1. The number of rotatable bonds is 7. The van der Waals surface area contributed by atoms with Crippen LogP contribution in [-0.4, -0.2) is 26.9 Å². The van der Waals surface area contributed by atoms with Crippen LogP contribution in [0.2, 0.25) is 0 Å². The summed E-state index contributed by atoms with van der Waals surface area (Å²) in [4.78, 5) is 11.1. The number of nitrogens with one attached hydrogen (secondary N) is 1. The second-order valence-corrected chi connectivity index (χ2v) is 8.71. The fourth-order valence-electron chi connectivity index (χ4n) is 4.58. The molecule has 162 valence electrons. The van der Waals surface area contributed by atoms with Gasteiger partial charge in [-0.25, -0.2) is 0 Å². The molecule has 1 unspecified atom stereocenters. The number of nitrogens with zero attached hydrogens (tertiary/aromatic N) is 2. The molecule has 1 heterocycles. The van der Waals surface area contributed by atoms with E-state index in [4.69, 9.17) is 5.10 Å². The molecule has 5 heteroatoms. The van der Waals surface area contributed by atoms with Crippen molar-refractivity contribution in [3.63, 3.8) is 0 Å². The van der Waals surface area contributed by atoms with Crippen molar-refractivity contribution >= 4 is 16.9 Å². The number of carboxylic acid groups (broad SMARTS) is 1. The van der Waals surface area contributed by atoms with Crippen molar-refractivity contribution < 1.29 is 9.90 Å². The monoisotopic (exact) mass is 425 g/mol. The molecule has 0 radical (unpaired) electrons. The molecule has 32 heavy (non-hydrogen) atoms. The smallest absolute Gasteiger partial charge is 0.306 e. The van der Waals surface area contributed by atoms with Gasteiger partial charge in [0.2, 0.25) is 0 Å². The first-order chi connectivity index (χ1) is 15.6. The van der Waals surface area contributed by atoms with E-state index in [9.17, 15) is 9.90 Å². The Hall–Kier alpha value is -3.44. The minimum Gasteiger partial charge on any atom is -0.481 e. The van der Waals surface area contributed by atoms with E-state index in [-0.39, 0.29) is 12.0 Å². The molecular formula is C27H27N3O2. The Morgan fingerprint density at radius 2 is 1.72 bits per heavy atom. The van der Waals surface area contributed by atoms with Crippen molar-refractivity contribution in [2.24, 2.45) is 5.92 Å². The largest absolute Gasteiger partial charge is 0.481 e. The maximum Gasteiger partial charge on any atom is 0.306 e. The molecule has 0 spiro atoms. The molecule has 1 fully saturated rings. The molecular weight excluding hydrogens is 398 g/mol. The number of hydrogen-bond acceptors (Lipinski definition) is 3. The van der Waals surface area contributed by atoms with E-state index in [1.54, 1.807) is 0 Å². The van der Waals surface area contributed by atoms with Crippen LogP contribution in [0.3, 0.4) is 0 Å². The second-order valence-electron chi connectivity index (χ2n) is 8.71. The van der Waals surface area contributed by atoms with E-state index in [0.717, 1.165) is 43.3 Å². The first-order valence-corrected chi connectivity index (χ1v) is 11.2. The van der Waals surface area contributed by atoms with Crippen molar-refractivity contribution in [2.45, 2.75) is 38.4 Å². The molecule has 3 aromatic carbocycles. The Balaban J connectivity index is 1.23. The summed E-state index contributed by atoms with van der Waals surface area (Å²) < 4.78 is 1.99. The minimum absolute atomic E-state index is 0.201. The van der Waals surface area contributed by atoms with E-state index >= 15 is 0 Å². The maximum absolute atomic E-state index is 11.1. The molecule has 5 rings (SSSR count). The Morgan fingerprint density at radius 1 is 0.969 bits per heavy atom. The van der Waals surface area contributed by atoms with Gasteiger partial charge in [-0.3, -0.25) is 9.48 Å². The van der Waals surface area contributed by atoms with Gasteiger partial charge in [0, 0.05) is 24.2 Å². The van der Waals surface area contributed by atoms with Gasteiger partial charge in [0.15, 0.2) is 0 Å². The summed E-state index contributed by atoms with van der Waals surface area (Å²) in [7, 11) is 0. The van der Waals surface area contributed by atoms with Gasteiger partial charge < -0.3 is 10.4 Å². The summed E-state index contributed by atoms with van der Waals surface area (Å²) in [6.07, 6.45) is 4.50. The van der Waals surface area contributed by atoms with Gasteiger partial charge in [0.05, 0.1) is 18.0 Å². The molecule has 0 aliphatic heterocycles. The van der Waals surface area contributed by atoms with Crippen LogP contribution in [0.25, 0.3) is 22.0 Å². The van der Waals surface area contributed by atoms with Crippen molar-refractivity contribution in [1.29, 1.82) is 0 Å². The first kappa shape index (κ1) is 20.5. The lowest BCUT2D eigenvalue weighted by Crippen LogP contribution is -2.26. The topological polar surface area (TPSA) is 67.2 Å². The van der Waals surface area contributed by atoms with Crippen LogP contribution < -0.4 is 5.32 Å². The first-order valence-electron chi connectivity index (χ1n) is 11.2. The predicted octanol–water partition coefficient (Wildman–Crippen LogP) is 5.09. The molecule has 2 atom stereocenters. The Labute approximate surface area is 187 Å². The zero-order chi connectivity index (χ0) is 21.9. The van der Waals surface area contributed by atoms with Crippen LogP contribution in [0.15, 0.2) is 79.0 Å². The molecule has 1 saturated carbocycles. The third-order valence-corrected chi connectivity index (χ3v) is 6.40. The zero-order valence-corrected chi connectivity index (χ0v) is 17.9. The van der Waals surface area contributed by atoms with Gasteiger partial charge >= 0.3 is 5.97 Å². The van der Waals surface area contributed by atoms with Crippen LogP contribution in [0, 0.1) is 5.92 Å². The third-order valence-electron chi connectivity index (χ3n) is 6.40. The predicted molar refractivity (Wildman–Crippen MR) is 126 cm³/mol. The van der Waals surface area contributed by atoms with Gasteiger partial charge in [-0.1, -0.05) is 66.7 Å². The van der Waals surface area contributed by atoms with Crippen LogP contribution in [0.1, 0.15) is 30.4 Å². The second kappa shape index (κ2) is 8.97. The lowest BCUT2D eigenvalue weighted by Gasteiger charge is -2.12. The van der Waals surface area contributed by atoms with E-state index < -0.39 is 5.97 Å². The van der Waals surface area contributed by atoms with Crippen molar-refractivity contribution in [2.75, 3.05) is 0 Å². The van der Waals surface area contributed by atoms with Gasteiger partial charge in [-0.05, 0) is 47.6 Å². The number of carbonyl (C=O) groups is 1. The summed E-state index contributed by atoms with van der Waals surface area (Å²) in [6, 6.07) is 25.7. The summed E-state index contributed by atoms with van der Waals surface area (Å²) in [5.41, 5.74) is 5.82. The van der Waals surface area contributed by atoms with Crippen molar-refractivity contribution in [1.82, 2.24) is 15.1 Å². The summed E-state index contributed by atoms with van der Waals surface area (Å²) in [5, 5.41) is 18.6. The van der Waals surface area contributed by atoms with Gasteiger partial charge in [0.1, 0.15) is 0 Å². The molecule has 1 aromatic heterocycles. The van der Waals surface area contributed by atoms with Crippen LogP contribution in [0.4, 0.5) is 0 Å². The zero-order valence-electron chi connectivity index (χ0n) is 17.9. The highest BCUT2D eigenvalue weighted by molar-refractivity contribution is 5.78. The van der Waals surface area contributed by atoms with Crippen molar-refractivity contribution in [3.8, 4) is 11.1 Å². The molecule has 2 N–H and O–H groups in total. The normalized spacial score (nSPS) is 18.2. The van der Waals surface area contributed by atoms with Crippen LogP contribution >= 0.6 is 0 Å². The fraction of sp³-hybridized carbons (Fsp3) is 0.259. The van der Waals surface area contributed by atoms with E-state index in [1.807, 2.05) is 10.7 Å². The average molecular weight is 426 g/mol. The number of aliphatic carboxylic acids is 1. The van der Waals surface area contributed by atoms with Gasteiger partial charge in [-0.15, -0.1) is 0 Å². The fourth-order valence-corrected chi connectivity index (χ4v) is 4.58. The molecule has 1 aliphatic rings. The number of fused-ring (bicyclic) bond motifs is 1. The standard InChI is InChI=1S/C27H27N3O2/c31-27(32)23-12-13-25(15-23)28-16-20-8-11-24-18-30(29-26(24)14-20)17-19-6-9-22(10-7-19)21-4-2-1-3-5-21/h1-11,14,18,23,25,28H,12-13,15-17H2,(H,31,32)/t23-,25?/m1/s1. The van der Waals surface area contributed by atoms with Crippen LogP contribution in [0.5, 0.6) is 0 Å². The van der Waals surface area contributed by atoms with E-state index in [2.05, 4.69) is 78.2 Å². The summed E-state index contributed by atoms with van der Waals surface area (Å²) in [6.45, 7) is 1.47. The molecule has 0 saturated heterocycles. The summed E-state index contributed by atoms with van der Waals surface area (Å²) in [5.74, 6) is -0.872. The minimum atomic E-state index is -0.670. The summed E-state index contributed by atoms with van der Waals surface area (Å²) >= 11 is 0. The Morgan fingerprint density at radius 3 is 2.47 bits per heavy atom. The van der Waals surface area contributed by atoms with Crippen molar-refractivity contribution in [3.05, 3.63) is 90.1 Å². The number of hydrogen-bond donors (Lipinski definition) is 2. The number of aromatic nitrogens is 2. The highest BCUT2D eigenvalue weighted by Crippen LogP contribution is 2.26. The molecule has 0 amide bonds. The molecule has 1 aliphatic carbocycles. The Bertz CT molecular complexity index is 1210. The van der Waals surface area contributed by atoms with Gasteiger partial charge in [0.25, 0.3) is 0 Å². The van der Waals surface area contributed by atoms with E-state index in [1.165, 1.54) is 22.3 Å². The lowest BCUT2D eigenvalue weighted by molar-refractivity contribution is -0.141. The molecule has 0 bridgehead atoms. The van der Waals surface area contributed by atoms with Gasteiger partial charge in [-0.2, -0.15) is 5.10 Å². The number of benzene rings is 3. The Kier molecular flexibility index (Phi) is 5.73. The highest BCUT2D eigenvalue weighted by atomic mass is 16.4. The molecule has 4 aromatic rings.